The highest BCUT2D eigenvalue weighted by Gasteiger charge is 2.38. The zero-order valence-electron chi connectivity index (χ0n) is 18.2. The number of amides is 1. The summed E-state index contributed by atoms with van der Waals surface area (Å²) in [5.41, 5.74) is 1.91. The third-order valence-electron chi connectivity index (χ3n) is 5.48. The lowest BCUT2D eigenvalue weighted by molar-refractivity contribution is 0.177. The second kappa shape index (κ2) is 8.52. The number of aromatic nitrogens is 4. The first-order chi connectivity index (χ1) is 15.2. The summed E-state index contributed by atoms with van der Waals surface area (Å²) in [7, 11) is 1.79. The maximum absolute atomic E-state index is 14.8. The molecular weight excluding hydrogens is 418 g/mol. The molecule has 4 rings (SSSR count). The first-order valence-electron chi connectivity index (χ1n) is 10.3. The van der Waals surface area contributed by atoms with Crippen LogP contribution in [0.1, 0.15) is 32.4 Å². The van der Waals surface area contributed by atoms with E-state index in [-0.39, 0.29) is 30.3 Å². The van der Waals surface area contributed by atoms with Gasteiger partial charge in [0, 0.05) is 24.4 Å². The summed E-state index contributed by atoms with van der Waals surface area (Å²) in [5.74, 6) is -1.19. The number of benzene rings is 1. The normalized spacial score (nSPS) is 17.0. The molecule has 168 valence electrons. The van der Waals surface area contributed by atoms with Crippen LogP contribution < -0.4 is 10.2 Å². The average Bonchev–Trinajstić information content (AvgIpc) is 3.35. The predicted octanol–water partition coefficient (Wildman–Crippen LogP) is 4.31. The summed E-state index contributed by atoms with van der Waals surface area (Å²) in [4.78, 5) is 21.6. The summed E-state index contributed by atoms with van der Waals surface area (Å²) in [6.07, 6.45) is 3.80. The molecule has 0 bridgehead atoms. The van der Waals surface area contributed by atoms with Crippen molar-refractivity contribution in [3.63, 3.8) is 0 Å². The molecule has 10 heteroatoms. The first-order valence-corrected chi connectivity index (χ1v) is 10.3. The van der Waals surface area contributed by atoms with Gasteiger partial charge in [-0.1, -0.05) is 26.0 Å². The highest BCUT2D eigenvalue weighted by molar-refractivity contribution is 5.89. The van der Waals surface area contributed by atoms with Gasteiger partial charge in [-0.2, -0.15) is 10.1 Å². The Labute approximate surface area is 184 Å². The van der Waals surface area contributed by atoms with Crippen LogP contribution in [-0.2, 0) is 11.8 Å². The number of anilines is 2. The minimum absolute atomic E-state index is 0.0403. The van der Waals surface area contributed by atoms with Crippen molar-refractivity contribution in [3.8, 4) is 11.1 Å². The largest absolute Gasteiger partial charge is 0.447 e. The Morgan fingerprint density at radius 1 is 1.16 bits per heavy atom. The van der Waals surface area contributed by atoms with Gasteiger partial charge in [0.05, 0.1) is 24.5 Å². The minimum atomic E-state index is -0.736. The molecule has 3 heterocycles. The highest BCUT2D eigenvalue weighted by Crippen LogP contribution is 2.30. The molecular formula is C22H24F2N6O2. The summed E-state index contributed by atoms with van der Waals surface area (Å²) in [5, 5.41) is 7.09. The molecule has 8 nitrogen and oxygen atoms in total. The van der Waals surface area contributed by atoms with Crippen molar-refractivity contribution in [1.29, 1.82) is 0 Å². The standard InChI is InChI=1S/C22H24F2N6O2/c1-12(2)19-11-32-22(31)30(19)20-18(24)9-25-21(28-20)27-13(3)16-6-5-14(7-17(16)23)15-8-26-29(4)10-15/h5-10,12-13,19H,11H2,1-4H3,(H,25,27,28)/t13-,19+/m0/s1. The Morgan fingerprint density at radius 3 is 2.59 bits per heavy atom. The van der Waals surface area contributed by atoms with Gasteiger partial charge in [-0.25, -0.2) is 18.6 Å². The van der Waals surface area contributed by atoms with Crippen molar-refractivity contribution in [1.82, 2.24) is 19.7 Å². The topological polar surface area (TPSA) is 85.2 Å². The van der Waals surface area contributed by atoms with Crippen LogP contribution in [0.15, 0.2) is 36.8 Å². The van der Waals surface area contributed by atoms with Crippen LogP contribution in [-0.4, -0.2) is 38.5 Å². The number of hydrogen-bond acceptors (Lipinski definition) is 6. The molecule has 0 unspecified atom stereocenters. The molecule has 3 aromatic rings. The number of nitrogens with one attached hydrogen (secondary N) is 1. The van der Waals surface area contributed by atoms with Crippen LogP contribution in [0, 0.1) is 17.6 Å². The predicted molar refractivity (Wildman–Crippen MR) is 115 cm³/mol. The quantitative estimate of drug-likeness (QED) is 0.612. The number of carbonyl (C=O) groups is 1. The van der Waals surface area contributed by atoms with Gasteiger partial charge in [-0.05, 0) is 24.5 Å². The summed E-state index contributed by atoms with van der Waals surface area (Å²) >= 11 is 0. The molecule has 0 radical (unpaired) electrons. The SMILES string of the molecule is CC(C)[C@H]1COC(=O)N1c1nc(N[C@@H](C)c2ccc(-c3cnn(C)c3)cc2F)ncc1F. The molecule has 0 aliphatic carbocycles. The zero-order chi connectivity index (χ0) is 23.0. The van der Waals surface area contributed by atoms with Crippen molar-refractivity contribution in [2.45, 2.75) is 32.9 Å². The van der Waals surface area contributed by atoms with E-state index in [2.05, 4.69) is 20.4 Å². The first kappa shape index (κ1) is 21.7. The Balaban J connectivity index is 1.57. The van der Waals surface area contributed by atoms with Crippen molar-refractivity contribution in [2.75, 3.05) is 16.8 Å². The third-order valence-corrected chi connectivity index (χ3v) is 5.48. The second-order valence-corrected chi connectivity index (χ2v) is 8.13. The van der Waals surface area contributed by atoms with Gasteiger partial charge >= 0.3 is 6.09 Å². The van der Waals surface area contributed by atoms with Gasteiger partial charge in [-0.3, -0.25) is 9.58 Å². The molecule has 32 heavy (non-hydrogen) atoms. The molecule has 2 aromatic heterocycles. The highest BCUT2D eigenvalue weighted by atomic mass is 19.1. The van der Waals surface area contributed by atoms with E-state index in [0.29, 0.717) is 11.1 Å². The van der Waals surface area contributed by atoms with E-state index in [1.807, 2.05) is 13.8 Å². The van der Waals surface area contributed by atoms with Gasteiger partial charge in [0.2, 0.25) is 5.95 Å². The number of nitrogens with zero attached hydrogens (tertiary/aromatic N) is 5. The Bertz CT molecular complexity index is 1150. The average molecular weight is 442 g/mol. The molecule has 1 aromatic carbocycles. The molecule has 1 fully saturated rings. The van der Waals surface area contributed by atoms with Gasteiger partial charge < -0.3 is 10.1 Å². The lowest BCUT2D eigenvalue weighted by Crippen LogP contribution is -2.38. The van der Waals surface area contributed by atoms with E-state index in [4.69, 9.17) is 4.74 Å². The number of cyclic esters (lactones) is 1. The number of halogens is 2. The molecule has 2 atom stereocenters. The van der Waals surface area contributed by atoms with Gasteiger partial charge in [0.1, 0.15) is 12.4 Å². The van der Waals surface area contributed by atoms with Crippen LogP contribution in [0.2, 0.25) is 0 Å². The number of hydrogen-bond donors (Lipinski definition) is 1. The summed E-state index contributed by atoms with van der Waals surface area (Å²) < 4.78 is 36.1. The van der Waals surface area contributed by atoms with Gasteiger partial charge in [0.25, 0.3) is 0 Å². The van der Waals surface area contributed by atoms with Crippen molar-refractivity contribution >= 4 is 17.9 Å². The van der Waals surface area contributed by atoms with Gasteiger partial charge in [-0.15, -0.1) is 0 Å². The van der Waals surface area contributed by atoms with E-state index >= 15 is 0 Å². The van der Waals surface area contributed by atoms with Crippen molar-refractivity contribution < 1.29 is 18.3 Å². The van der Waals surface area contributed by atoms with E-state index in [1.54, 1.807) is 43.2 Å². The lowest BCUT2D eigenvalue weighted by atomic mass is 10.0. The molecule has 1 amide bonds. The lowest BCUT2D eigenvalue weighted by Gasteiger charge is -2.24. The molecule has 1 aliphatic rings. The second-order valence-electron chi connectivity index (χ2n) is 8.13. The molecule has 1 N–H and O–H groups in total. The maximum Gasteiger partial charge on any atom is 0.416 e. The molecule has 1 saturated heterocycles. The van der Waals surface area contributed by atoms with E-state index in [0.717, 1.165) is 11.8 Å². The third kappa shape index (κ3) is 4.12. The Hall–Kier alpha value is -3.56. The van der Waals surface area contributed by atoms with Crippen LogP contribution in [0.4, 0.5) is 25.3 Å². The Morgan fingerprint density at radius 2 is 1.94 bits per heavy atom. The fourth-order valence-corrected chi connectivity index (χ4v) is 3.67. The number of carbonyl (C=O) groups excluding carboxylic acids is 1. The van der Waals surface area contributed by atoms with Crippen LogP contribution in [0.25, 0.3) is 11.1 Å². The monoisotopic (exact) mass is 442 g/mol. The van der Waals surface area contributed by atoms with Crippen LogP contribution in [0.5, 0.6) is 0 Å². The zero-order valence-corrected chi connectivity index (χ0v) is 18.2. The summed E-state index contributed by atoms with van der Waals surface area (Å²) in [6.45, 7) is 5.74. The fourth-order valence-electron chi connectivity index (χ4n) is 3.67. The number of ether oxygens (including phenoxy) is 1. The maximum atomic E-state index is 14.8. The van der Waals surface area contributed by atoms with E-state index in [9.17, 15) is 13.6 Å². The van der Waals surface area contributed by atoms with E-state index < -0.39 is 23.8 Å². The smallest absolute Gasteiger partial charge is 0.416 e. The van der Waals surface area contributed by atoms with Crippen molar-refractivity contribution in [3.05, 3.63) is 54.0 Å². The van der Waals surface area contributed by atoms with E-state index in [1.165, 1.54) is 11.0 Å². The Kier molecular flexibility index (Phi) is 5.77. The van der Waals surface area contributed by atoms with Crippen LogP contribution >= 0.6 is 0 Å². The van der Waals surface area contributed by atoms with Gasteiger partial charge in [0.15, 0.2) is 11.6 Å². The summed E-state index contributed by atoms with van der Waals surface area (Å²) in [6, 6.07) is 4.07. The number of rotatable bonds is 6. The molecule has 0 spiro atoms. The molecule has 1 aliphatic heterocycles. The minimum Gasteiger partial charge on any atom is -0.447 e. The molecule has 0 saturated carbocycles. The fraction of sp³-hybridized carbons (Fsp3) is 0.364. The van der Waals surface area contributed by atoms with Crippen LogP contribution in [0.3, 0.4) is 0 Å². The number of aryl methyl sites for hydroxylation is 1. The van der Waals surface area contributed by atoms with Crippen molar-refractivity contribution in [2.24, 2.45) is 13.0 Å².